The van der Waals surface area contributed by atoms with Crippen molar-refractivity contribution >= 4 is 17.7 Å². The van der Waals surface area contributed by atoms with Crippen molar-refractivity contribution in [1.29, 1.82) is 0 Å². The van der Waals surface area contributed by atoms with Crippen LogP contribution in [0.15, 0.2) is 18.2 Å². The molecule has 0 radical (unpaired) electrons. The molecule has 0 saturated carbocycles. The summed E-state index contributed by atoms with van der Waals surface area (Å²) < 4.78 is 4.69. The molecule has 1 rings (SSSR count). The number of benzene rings is 1. The van der Waals surface area contributed by atoms with Gasteiger partial charge in [-0.05, 0) is 37.6 Å². The highest BCUT2D eigenvalue weighted by Gasteiger charge is 2.09. The molecule has 6 heteroatoms. The van der Waals surface area contributed by atoms with Crippen molar-refractivity contribution in [2.75, 3.05) is 25.1 Å². The van der Waals surface area contributed by atoms with E-state index in [-0.39, 0.29) is 19.1 Å². The minimum Gasteiger partial charge on any atom is -0.447 e. The molecule has 104 valence electrons. The van der Waals surface area contributed by atoms with E-state index in [1.807, 2.05) is 6.92 Å². The smallest absolute Gasteiger partial charge is 0.411 e. The van der Waals surface area contributed by atoms with Crippen molar-refractivity contribution in [1.82, 2.24) is 5.32 Å². The lowest BCUT2D eigenvalue weighted by atomic mass is 10.1. The summed E-state index contributed by atoms with van der Waals surface area (Å²) in [6.45, 7) is 3.91. The molecule has 0 bridgehead atoms. The average Bonchev–Trinajstić information content (AvgIpc) is 2.39. The summed E-state index contributed by atoms with van der Waals surface area (Å²) in [6.07, 6.45) is -0.636. The van der Waals surface area contributed by atoms with Crippen molar-refractivity contribution in [3.05, 3.63) is 29.3 Å². The fraction of sp³-hybridized carbons (Fsp3) is 0.385. The zero-order valence-electron chi connectivity index (χ0n) is 11.0. The fourth-order valence-corrected chi connectivity index (χ4v) is 1.49. The summed E-state index contributed by atoms with van der Waals surface area (Å²) in [5, 5.41) is 13.8. The van der Waals surface area contributed by atoms with Gasteiger partial charge in [0.15, 0.2) is 0 Å². The SMILES string of the molecule is CCNC(=O)c1ccc(NC(=O)OCCO)c(C)c1. The van der Waals surface area contributed by atoms with Crippen LogP contribution in [0.5, 0.6) is 0 Å². The Hall–Kier alpha value is -2.08. The van der Waals surface area contributed by atoms with Gasteiger partial charge in [0.05, 0.1) is 6.61 Å². The highest BCUT2D eigenvalue weighted by atomic mass is 16.6. The van der Waals surface area contributed by atoms with E-state index in [0.717, 1.165) is 5.56 Å². The van der Waals surface area contributed by atoms with Crippen LogP contribution in [0.2, 0.25) is 0 Å². The Bertz CT molecular complexity index is 460. The van der Waals surface area contributed by atoms with Crippen molar-refractivity contribution in [3.63, 3.8) is 0 Å². The van der Waals surface area contributed by atoms with Gasteiger partial charge in [-0.1, -0.05) is 0 Å². The molecule has 0 atom stereocenters. The standard InChI is InChI=1S/C13H18N2O4/c1-3-14-12(17)10-4-5-11(9(2)8-10)15-13(18)19-7-6-16/h4-5,8,16H,3,6-7H2,1-2H3,(H,14,17)(H,15,18). The predicted molar refractivity (Wildman–Crippen MR) is 71.2 cm³/mol. The van der Waals surface area contributed by atoms with Gasteiger partial charge in [-0.25, -0.2) is 4.79 Å². The number of ether oxygens (including phenoxy) is 1. The molecule has 0 aliphatic rings. The average molecular weight is 266 g/mol. The number of rotatable bonds is 5. The number of aryl methyl sites for hydroxylation is 1. The van der Waals surface area contributed by atoms with Crippen LogP contribution in [-0.4, -0.2) is 36.9 Å². The van der Waals surface area contributed by atoms with Gasteiger partial charge in [-0.15, -0.1) is 0 Å². The summed E-state index contributed by atoms with van der Waals surface area (Å²) in [6, 6.07) is 4.95. The summed E-state index contributed by atoms with van der Waals surface area (Å²) in [5.74, 6) is -0.153. The third kappa shape index (κ3) is 4.59. The summed E-state index contributed by atoms with van der Waals surface area (Å²) in [4.78, 5) is 22.9. The number of carbonyl (C=O) groups is 2. The van der Waals surface area contributed by atoms with E-state index < -0.39 is 6.09 Å². The summed E-state index contributed by atoms with van der Waals surface area (Å²) >= 11 is 0. The lowest BCUT2D eigenvalue weighted by molar-refractivity contribution is 0.0955. The molecule has 0 unspecified atom stereocenters. The molecule has 19 heavy (non-hydrogen) atoms. The second kappa shape index (κ2) is 7.38. The lowest BCUT2D eigenvalue weighted by Gasteiger charge is -2.10. The number of amides is 2. The third-order valence-corrected chi connectivity index (χ3v) is 2.39. The fourth-order valence-electron chi connectivity index (χ4n) is 1.49. The number of carbonyl (C=O) groups excluding carboxylic acids is 2. The van der Waals surface area contributed by atoms with Gasteiger partial charge in [-0.3, -0.25) is 10.1 Å². The summed E-state index contributed by atoms with van der Waals surface area (Å²) in [7, 11) is 0. The van der Waals surface area contributed by atoms with Gasteiger partial charge in [-0.2, -0.15) is 0 Å². The van der Waals surface area contributed by atoms with E-state index >= 15 is 0 Å². The first-order valence-corrected chi connectivity index (χ1v) is 6.02. The minimum atomic E-state index is -0.636. The van der Waals surface area contributed by atoms with E-state index in [1.165, 1.54) is 0 Å². The van der Waals surface area contributed by atoms with E-state index in [4.69, 9.17) is 5.11 Å². The van der Waals surface area contributed by atoms with Crippen LogP contribution >= 0.6 is 0 Å². The van der Waals surface area contributed by atoms with E-state index in [2.05, 4.69) is 15.4 Å². The highest BCUT2D eigenvalue weighted by Crippen LogP contribution is 2.16. The largest absolute Gasteiger partial charge is 0.447 e. The zero-order valence-corrected chi connectivity index (χ0v) is 11.0. The zero-order chi connectivity index (χ0) is 14.3. The van der Waals surface area contributed by atoms with Gasteiger partial charge in [0, 0.05) is 17.8 Å². The van der Waals surface area contributed by atoms with Gasteiger partial charge in [0.1, 0.15) is 6.61 Å². The third-order valence-electron chi connectivity index (χ3n) is 2.39. The molecule has 3 N–H and O–H groups in total. The topological polar surface area (TPSA) is 87.7 Å². The minimum absolute atomic E-state index is 0.0537. The molecule has 0 aliphatic carbocycles. The number of nitrogens with one attached hydrogen (secondary N) is 2. The molecule has 0 saturated heterocycles. The Labute approximate surface area is 111 Å². The van der Waals surface area contributed by atoms with Crippen LogP contribution in [-0.2, 0) is 4.74 Å². The maximum Gasteiger partial charge on any atom is 0.411 e. The number of hydrogen-bond acceptors (Lipinski definition) is 4. The molecule has 0 fully saturated rings. The normalized spacial score (nSPS) is 9.84. The highest BCUT2D eigenvalue weighted by molar-refractivity contribution is 5.95. The maximum absolute atomic E-state index is 11.6. The van der Waals surface area contributed by atoms with Gasteiger partial charge in [0.25, 0.3) is 5.91 Å². The van der Waals surface area contributed by atoms with E-state index in [9.17, 15) is 9.59 Å². The Morgan fingerprint density at radius 3 is 2.68 bits per heavy atom. The second-order valence-electron chi connectivity index (χ2n) is 3.87. The first kappa shape index (κ1) is 15.0. The Morgan fingerprint density at radius 2 is 2.11 bits per heavy atom. The Balaban J connectivity index is 2.72. The van der Waals surface area contributed by atoms with Crippen LogP contribution in [0, 0.1) is 6.92 Å². The van der Waals surface area contributed by atoms with Crippen LogP contribution in [0.4, 0.5) is 10.5 Å². The number of aliphatic hydroxyl groups is 1. The lowest BCUT2D eigenvalue weighted by Crippen LogP contribution is -2.23. The molecular formula is C13H18N2O4. The predicted octanol–water partition coefficient (Wildman–Crippen LogP) is 1.29. The van der Waals surface area contributed by atoms with Crippen molar-refractivity contribution < 1.29 is 19.4 Å². The number of aliphatic hydroxyl groups excluding tert-OH is 1. The van der Waals surface area contributed by atoms with Gasteiger partial charge < -0.3 is 15.2 Å². The monoisotopic (exact) mass is 266 g/mol. The molecule has 6 nitrogen and oxygen atoms in total. The van der Waals surface area contributed by atoms with Crippen LogP contribution in [0.3, 0.4) is 0 Å². The van der Waals surface area contributed by atoms with Gasteiger partial charge in [0.2, 0.25) is 0 Å². The molecule has 1 aromatic rings. The molecule has 0 spiro atoms. The van der Waals surface area contributed by atoms with Crippen LogP contribution < -0.4 is 10.6 Å². The molecule has 1 aromatic carbocycles. The number of hydrogen-bond donors (Lipinski definition) is 3. The molecular weight excluding hydrogens is 248 g/mol. The van der Waals surface area contributed by atoms with Crippen molar-refractivity contribution in [2.45, 2.75) is 13.8 Å². The maximum atomic E-state index is 11.6. The Morgan fingerprint density at radius 1 is 1.37 bits per heavy atom. The van der Waals surface area contributed by atoms with Crippen molar-refractivity contribution in [2.24, 2.45) is 0 Å². The summed E-state index contributed by atoms with van der Waals surface area (Å²) in [5.41, 5.74) is 1.86. The first-order valence-electron chi connectivity index (χ1n) is 6.02. The number of anilines is 1. The molecule has 0 heterocycles. The molecule has 2 amide bonds. The van der Waals surface area contributed by atoms with Crippen LogP contribution in [0.25, 0.3) is 0 Å². The van der Waals surface area contributed by atoms with E-state index in [1.54, 1.807) is 25.1 Å². The van der Waals surface area contributed by atoms with Gasteiger partial charge >= 0.3 is 6.09 Å². The van der Waals surface area contributed by atoms with E-state index in [0.29, 0.717) is 17.8 Å². The van der Waals surface area contributed by atoms with Crippen LogP contribution in [0.1, 0.15) is 22.8 Å². The molecule has 0 aromatic heterocycles. The second-order valence-corrected chi connectivity index (χ2v) is 3.87. The molecule has 0 aliphatic heterocycles. The van der Waals surface area contributed by atoms with Crippen molar-refractivity contribution in [3.8, 4) is 0 Å². The quantitative estimate of drug-likeness (QED) is 0.749. The Kier molecular flexibility index (Phi) is 5.81. The first-order chi connectivity index (χ1) is 9.08.